The average Bonchev–Trinajstić information content (AvgIpc) is 2.23. The van der Waals surface area contributed by atoms with Gasteiger partial charge in [-0.2, -0.15) is 0 Å². The van der Waals surface area contributed by atoms with E-state index in [0.717, 1.165) is 24.2 Å². The molecule has 0 heterocycles. The Morgan fingerprint density at radius 3 is 2.71 bits per heavy atom. The molecule has 0 amide bonds. The van der Waals surface area contributed by atoms with Crippen LogP contribution in [0.3, 0.4) is 0 Å². The minimum absolute atomic E-state index is 0.324. The Labute approximate surface area is 104 Å². The Balaban J connectivity index is 2.53. The van der Waals surface area contributed by atoms with Crippen LogP contribution in [0.4, 0.5) is 5.69 Å². The molecule has 4 nitrogen and oxygen atoms in total. The van der Waals surface area contributed by atoms with Gasteiger partial charge in [-0.25, -0.2) is 4.79 Å². The van der Waals surface area contributed by atoms with Crippen LogP contribution in [-0.2, 0) is 10.8 Å². The van der Waals surface area contributed by atoms with Gasteiger partial charge in [-0.15, -0.1) is 0 Å². The molecule has 0 aliphatic rings. The van der Waals surface area contributed by atoms with Crippen molar-refractivity contribution in [1.82, 2.24) is 0 Å². The van der Waals surface area contributed by atoms with Crippen LogP contribution in [0.2, 0.25) is 0 Å². The minimum Gasteiger partial charge on any atom is -0.478 e. The number of carbonyl (C=O) groups is 1. The summed E-state index contributed by atoms with van der Waals surface area (Å²) in [7, 11) is -0.755. The Morgan fingerprint density at radius 1 is 1.47 bits per heavy atom. The third kappa shape index (κ3) is 4.56. The molecule has 0 fully saturated rings. The number of hydrogen-bond acceptors (Lipinski definition) is 3. The standard InChI is InChI=1S/C12H17NO3S/c1-9-8-10(4-5-11(9)12(14)15)13-6-3-7-17(2)16/h4-5,8,13H,3,6-7H2,1-2H3,(H,14,15). The molecule has 17 heavy (non-hydrogen) atoms. The Hall–Kier alpha value is -1.36. The molecule has 1 atom stereocenters. The summed E-state index contributed by atoms with van der Waals surface area (Å²) in [5.74, 6) is -0.227. The van der Waals surface area contributed by atoms with Gasteiger partial charge in [-0.1, -0.05) is 0 Å². The number of anilines is 1. The summed E-state index contributed by atoms with van der Waals surface area (Å²) in [5, 5.41) is 12.1. The fourth-order valence-electron chi connectivity index (χ4n) is 1.52. The maximum absolute atomic E-state index is 10.8. The molecule has 0 aliphatic heterocycles. The molecule has 0 spiro atoms. The lowest BCUT2D eigenvalue weighted by Crippen LogP contribution is -2.07. The van der Waals surface area contributed by atoms with Gasteiger partial charge in [0.1, 0.15) is 0 Å². The molecular formula is C12H17NO3S. The molecule has 5 heteroatoms. The molecular weight excluding hydrogens is 238 g/mol. The summed E-state index contributed by atoms with van der Waals surface area (Å²) in [6.45, 7) is 2.52. The highest BCUT2D eigenvalue weighted by Gasteiger charge is 2.06. The molecule has 0 radical (unpaired) electrons. The number of rotatable bonds is 6. The first-order chi connectivity index (χ1) is 8.00. The van der Waals surface area contributed by atoms with Crippen LogP contribution >= 0.6 is 0 Å². The van der Waals surface area contributed by atoms with Crippen LogP contribution in [0.5, 0.6) is 0 Å². The number of aryl methyl sites for hydroxylation is 1. The summed E-state index contributed by atoms with van der Waals surface area (Å²) < 4.78 is 10.8. The number of nitrogens with one attached hydrogen (secondary N) is 1. The van der Waals surface area contributed by atoms with Gasteiger partial charge >= 0.3 is 5.97 Å². The second kappa shape index (κ2) is 6.39. The highest BCUT2D eigenvalue weighted by atomic mass is 32.2. The third-order valence-electron chi connectivity index (χ3n) is 2.39. The molecule has 2 N–H and O–H groups in total. The quantitative estimate of drug-likeness (QED) is 0.762. The highest BCUT2D eigenvalue weighted by Crippen LogP contribution is 2.15. The number of hydrogen-bond donors (Lipinski definition) is 2. The van der Waals surface area contributed by atoms with Gasteiger partial charge in [0.2, 0.25) is 0 Å². The first-order valence-corrected chi connectivity index (χ1v) is 7.11. The zero-order valence-electron chi connectivity index (χ0n) is 10.0. The average molecular weight is 255 g/mol. The Bertz CT molecular complexity index is 432. The molecule has 0 saturated heterocycles. The van der Waals surface area contributed by atoms with E-state index in [9.17, 15) is 9.00 Å². The van der Waals surface area contributed by atoms with Gasteiger partial charge in [0.05, 0.1) is 5.56 Å². The SMILES string of the molecule is Cc1cc(NCCCS(C)=O)ccc1C(=O)O. The van der Waals surface area contributed by atoms with Crippen molar-refractivity contribution in [3.05, 3.63) is 29.3 Å². The highest BCUT2D eigenvalue weighted by molar-refractivity contribution is 7.84. The number of carboxylic acids is 1. The summed E-state index contributed by atoms with van der Waals surface area (Å²) >= 11 is 0. The molecule has 0 bridgehead atoms. The first kappa shape index (κ1) is 13.7. The van der Waals surface area contributed by atoms with Gasteiger partial charge < -0.3 is 10.4 Å². The normalized spacial score (nSPS) is 12.1. The zero-order valence-corrected chi connectivity index (χ0v) is 10.8. The molecule has 1 rings (SSSR count). The van der Waals surface area contributed by atoms with Crippen molar-refractivity contribution in [1.29, 1.82) is 0 Å². The van der Waals surface area contributed by atoms with E-state index in [1.54, 1.807) is 25.3 Å². The topological polar surface area (TPSA) is 66.4 Å². The predicted octanol–water partition coefficient (Wildman–Crippen LogP) is 1.87. The summed E-state index contributed by atoms with van der Waals surface area (Å²) in [5.41, 5.74) is 1.96. The van der Waals surface area contributed by atoms with Crippen LogP contribution in [0.1, 0.15) is 22.3 Å². The maximum atomic E-state index is 10.8. The largest absolute Gasteiger partial charge is 0.478 e. The summed E-state index contributed by atoms with van der Waals surface area (Å²) in [6.07, 6.45) is 2.52. The van der Waals surface area contributed by atoms with Crippen molar-refractivity contribution >= 4 is 22.5 Å². The van der Waals surface area contributed by atoms with E-state index < -0.39 is 16.8 Å². The molecule has 0 aromatic heterocycles. The predicted molar refractivity (Wildman–Crippen MR) is 70.2 cm³/mol. The van der Waals surface area contributed by atoms with E-state index in [2.05, 4.69) is 5.32 Å². The number of aromatic carboxylic acids is 1. The van der Waals surface area contributed by atoms with E-state index in [1.807, 2.05) is 6.07 Å². The lowest BCUT2D eigenvalue weighted by atomic mass is 10.1. The van der Waals surface area contributed by atoms with Crippen LogP contribution in [0.25, 0.3) is 0 Å². The van der Waals surface area contributed by atoms with Crippen LogP contribution < -0.4 is 5.32 Å². The van der Waals surface area contributed by atoms with Crippen molar-refractivity contribution in [3.8, 4) is 0 Å². The van der Waals surface area contributed by atoms with E-state index >= 15 is 0 Å². The number of benzene rings is 1. The van der Waals surface area contributed by atoms with Crippen molar-refractivity contribution in [2.45, 2.75) is 13.3 Å². The minimum atomic E-state index is -0.907. The van der Waals surface area contributed by atoms with Crippen LogP contribution in [0.15, 0.2) is 18.2 Å². The lowest BCUT2D eigenvalue weighted by molar-refractivity contribution is 0.0696. The fourth-order valence-corrected chi connectivity index (χ4v) is 2.07. The smallest absolute Gasteiger partial charge is 0.335 e. The fraction of sp³-hybridized carbons (Fsp3) is 0.417. The van der Waals surface area contributed by atoms with E-state index in [0.29, 0.717) is 11.3 Å². The Kier molecular flexibility index (Phi) is 5.15. The second-order valence-electron chi connectivity index (χ2n) is 3.89. The van der Waals surface area contributed by atoms with Crippen molar-refractivity contribution in [3.63, 3.8) is 0 Å². The zero-order chi connectivity index (χ0) is 12.8. The molecule has 0 aliphatic carbocycles. The van der Waals surface area contributed by atoms with E-state index in [-0.39, 0.29) is 0 Å². The molecule has 1 aromatic rings. The van der Waals surface area contributed by atoms with Gasteiger partial charge in [0.15, 0.2) is 0 Å². The van der Waals surface area contributed by atoms with Crippen molar-refractivity contribution < 1.29 is 14.1 Å². The van der Waals surface area contributed by atoms with Gasteiger partial charge in [-0.3, -0.25) is 4.21 Å². The van der Waals surface area contributed by atoms with Crippen LogP contribution in [0, 0.1) is 6.92 Å². The van der Waals surface area contributed by atoms with Crippen molar-refractivity contribution in [2.75, 3.05) is 23.9 Å². The number of carboxylic acid groups (broad SMARTS) is 1. The maximum Gasteiger partial charge on any atom is 0.335 e. The Morgan fingerprint density at radius 2 is 2.18 bits per heavy atom. The van der Waals surface area contributed by atoms with Gasteiger partial charge in [0, 0.05) is 35.0 Å². The van der Waals surface area contributed by atoms with E-state index in [1.165, 1.54) is 0 Å². The molecule has 1 aromatic carbocycles. The lowest BCUT2D eigenvalue weighted by Gasteiger charge is -2.08. The van der Waals surface area contributed by atoms with Gasteiger partial charge in [-0.05, 0) is 37.1 Å². The van der Waals surface area contributed by atoms with Gasteiger partial charge in [0.25, 0.3) is 0 Å². The third-order valence-corrected chi connectivity index (χ3v) is 3.26. The molecule has 0 saturated carbocycles. The summed E-state index contributed by atoms with van der Waals surface area (Å²) in [6, 6.07) is 5.16. The molecule has 1 unspecified atom stereocenters. The second-order valence-corrected chi connectivity index (χ2v) is 5.45. The van der Waals surface area contributed by atoms with Crippen molar-refractivity contribution in [2.24, 2.45) is 0 Å². The monoisotopic (exact) mass is 255 g/mol. The first-order valence-electron chi connectivity index (χ1n) is 5.38. The van der Waals surface area contributed by atoms with Crippen LogP contribution in [-0.4, -0.2) is 33.8 Å². The van der Waals surface area contributed by atoms with E-state index in [4.69, 9.17) is 5.11 Å². The molecule has 94 valence electrons. The summed E-state index contributed by atoms with van der Waals surface area (Å²) in [4.78, 5) is 10.8.